The third kappa shape index (κ3) is 3.86. The Morgan fingerprint density at radius 2 is 1.83 bits per heavy atom. The van der Waals surface area contributed by atoms with Gasteiger partial charge in [-0.3, -0.25) is 0 Å². The van der Waals surface area contributed by atoms with Gasteiger partial charge in [0.25, 0.3) is 0 Å². The Bertz CT molecular complexity index is 973. The van der Waals surface area contributed by atoms with Crippen molar-refractivity contribution in [2.24, 2.45) is 5.92 Å². The first kappa shape index (κ1) is 18.6. The number of aryl methyl sites for hydroxylation is 1. The van der Waals surface area contributed by atoms with Gasteiger partial charge >= 0.3 is 0 Å². The summed E-state index contributed by atoms with van der Waals surface area (Å²) in [4.78, 5) is 7.41. The maximum atomic E-state index is 13.1. The van der Waals surface area contributed by atoms with E-state index in [4.69, 9.17) is 4.98 Å². The number of rotatable bonds is 4. The van der Waals surface area contributed by atoms with Gasteiger partial charge < -0.3 is 10.2 Å². The van der Waals surface area contributed by atoms with Crippen molar-refractivity contribution in [3.05, 3.63) is 59.2 Å². The third-order valence-electron chi connectivity index (χ3n) is 6.45. The molecule has 0 atom stereocenters. The molecule has 29 heavy (non-hydrogen) atoms. The minimum atomic E-state index is -0.154. The van der Waals surface area contributed by atoms with Crippen LogP contribution in [0.3, 0.4) is 0 Å². The van der Waals surface area contributed by atoms with Gasteiger partial charge in [0.05, 0.1) is 11.9 Å². The van der Waals surface area contributed by atoms with Crippen molar-refractivity contribution in [1.82, 2.24) is 19.9 Å². The van der Waals surface area contributed by atoms with E-state index in [0.717, 1.165) is 57.0 Å². The van der Waals surface area contributed by atoms with E-state index in [1.807, 2.05) is 28.9 Å². The molecule has 4 heterocycles. The Morgan fingerprint density at radius 3 is 2.66 bits per heavy atom. The molecule has 1 saturated heterocycles. The van der Waals surface area contributed by atoms with E-state index in [0.29, 0.717) is 0 Å². The minimum Gasteiger partial charge on any atom is -0.356 e. The molecular weight excluding hydrogens is 365 g/mol. The molecule has 0 aliphatic carbocycles. The summed E-state index contributed by atoms with van der Waals surface area (Å²) in [6.07, 6.45) is 8.45. The number of anilines is 1. The van der Waals surface area contributed by atoms with E-state index in [-0.39, 0.29) is 5.82 Å². The minimum absolute atomic E-state index is 0.154. The molecule has 152 valence electrons. The molecular formula is C23H28FN5. The van der Waals surface area contributed by atoms with E-state index < -0.39 is 0 Å². The summed E-state index contributed by atoms with van der Waals surface area (Å²) in [5, 5.41) is 8.10. The zero-order chi connectivity index (χ0) is 19.6. The van der Waals surface area contributed by atoms with Gasteiger partial charge in [-0.05, 0) is 62.3 Å². The summed E-state index contributed by atoms with van der Waals surface area (Å²) in [5.41, 5.74) is 4.80. The fourth-order valence-corrected chi connectivity index (χ4v) is 4.80. The Balaban J connectivity index is 1.30. The lowest BCUT2D eigenvalue weighted by atomic mass is 9.90. The molecule has 0 saturated carbocycles. The monoisotopic (exact) mass is 393 g/mol. The highest BCUT2D eigenvalue weighted by molar-refractivity contribution is 5.57. The first-order chi connectivity index (χ1) is 14.3. The smallest absolute Gasteiger partial charge is 0.157 e. The molecule has 0 radical (unpaired) electrons. The average Bonchev–Trinajstić information content (AvgIpc) is 3.09. The molecule has 1 N–H and O–H groups in total. The van der Waals surface area contributed by atoms with Gasteiger partial charge in [0, 0.05) is 37.7 Å². The van der Waals surface area contributed by atoms with Gasteiger partial charge in [-0.1, -0.05) is 12.1 Å². The molecule has 0 bridgehead atoms. The number of hydrogen-bond donors (Lipinski definition) is 1. The van der Waals surface area contributed by atoms with Crippen molar-refractivity contribution in [2.75, 3.05) is 31.1 Å². The van der Waals surface area contributed by atoms with Crippen LogP contribution in [-0.2, 0) is 19.3 Å². The molecule has 2 aromatic heterocycles. The number of piperidine rings is 1. The molecule has 0 spiro atoms. The predicted molar refractivity (Wildman–Crippen MR) is 113 cm³/mol. The van der Waals surface area contributed by atoms with Crippen molar-refractivity contribution in [3.8, 4) is 0 Å². The van der Waals surface area contributed by atoms with E-state index >= 15 is 0 Å². The summed E-state index contributed by atoms with van der Waals surface area (Å²) in [6, 6.07) is 8.98. The first-order valence-corrected chi connectivity index (χ1v) is 10.8. The Kier molecular flexibility index (Phi) is 5.19. The zero-order valence-electron chi connectivity index (χ0n) is 16.8. The van der Waals surface area contributed by atoms with E-state index in [1.54, 1.807) is 12.1 Å². The molecule has 5 rings (SSSR count). The number of halogens is 1. The largest absolute Gasteiger partial charge is 0.356 e. The highest BCUT2D eigenvalue weighted by Gasteiger charge is 2.26. The van der Waals surface area contributed by atoms with Crippen LogP contribution in [0.1, 0.15) is 36.1 Å². The normalized spacial score (nSPS) is 18.0. The van der Waals surface area contributed by atoms with Crippen LogP contribution in [0.15, 0.2) is 36.5 Å². The van der Waals surface area contributed by atoms with Crippen LogP contribution < -0.4 is 10.2 Å². The van der Waals surface area contributed by atoms with Crippen LogP contribution >= 0.6 is 0 Å². The lowest BCUT2D eigenvalue weighted by molar-refractivity contribution is 0.379. The highest BCUT2D eigenvalue weighted by Crippen LogP contribution is 2.31. The van der Waals surface area contributed by atoms with Crippen LogP contribution in [0.2, 0.25) is 0 Å². The van der Waals surface area contributed by atoms with Crippen LogP contribution in [0.4, 0.5) is 10.2 Å². The summed E-state index contributed by atoms with van der Waals surface area (Å²) < 4.78 is 15.1. The van der Waals surface area contributed by atoms with Crippen LogP contribution in [-0.4, -0.2) is 40.8 Å². The fourth-order valence-electron chi connectivity index (χ4n) is 4.80. The van der Waals surface area contributed by atoms with Gasteiger partial charge in [0.1, 0.15) is 11.6 Å². The summed E-state index contributed by atoms with van der Waals surface area (Å²) in [7, 11) is 0. The van der Waals surface area contributed by atoms with E-state index in [1.165, 1.54) is 41.9 Å². The fraction of sp³-hybridized carbons (Fsp3) is 0.478. The number of benzene rings is 1. The summed E-state index contributed by atoms with van der Waals surface area (Å²) >= 11 is 0. The summed E-state index contributed by atoms with van der Waals surface area (Å²) in [6.45, 7) is 4.12. The lowest BCUT2D eigenvalue weighted by Gasteiger charge is -2.35. The molecule has 3 aromatic rings. The number of aromatic nitrogens is 3. The molecule has 1 fully saturated rings. The van der Waals surface area contributed by atoms with Crippen molar-refractivity contribution in [2.45, 2.75) is 38.5 Å². The Hall–Kier alpha value is -2.47. The highest BCUT2D eigenvalue weighted by atomic mass is 19.1. The number of hydrogen-bond acceptors (Lipinski definition) is 4. The van der Waals surface area contributed by atoms with Crippen LogP contribution in [0, 0.1) is 11.7 Å². The number of fused-ring (bicyclic) bond motifs is 2. The zero-order valence-corrected chi connectivity index (χ0v) is 16.8. The maximum absolute atomic E-state index is 13.1. The topological polar surface area (TPSA) is 45.5 Å². The van der Waals surface area contributed by atoms with Crippen molar-refractivity contribution < 1.29 is 4.39 Å². The second-order valence-corrected chi connectivity index (χ2v) is 8.31. The van der Waals surface area contributed by atoms with Gasteiger partial charge in [-0.2, -0.15) is 9.61 Å². The maximum Gasteiger partial charge on any atom is 0.157 e. The van der Waals surface area contributed by atoms with Gasteiger partial charge in [0.15, 0.2) is 5.65 Å². The molecule has 5 nitrogen and oxygen atoms in total. The summed E-state index contributed by atoms with van der Waals surface area (Å²) in [5.74, 6) is 1.83. The van der Waals surface area contributed by atoms with Crippen molar-refractivity contribution in [3.63, 3.8) is 0 Å². The SMILES string of the molecule is Fc1ccc(CCC2CCN(c3c4c(nc5ccnn35)CCNCC4)CC2)cc1. The standard InChI is InChI=1S/C23H28FN5/c24-19-5-3-17(4-6-19)1-2-18-10-15-28(16-11-18)23-20-7-12-25-13-8-21(20)27-22-9-14-26-29(22)23/h3-6,9,14,18,25H,1-2,7-8,10-13,15-16H2. The van der Waals surface area contributed by atoms with Gasteiger partial charge in [-0.15, -0.1) is 0 Å². The third-order valence-corrected chi connectivity index (χ3v) is 6.45. The predicted octanol–water partition coefficient (Wildman–Crippen LogP) is 3.41. The van der Waals surface area contributed by atoms with Crippen molar-refractivity contribution in [1.29, 1.82) is 0 Å². The second-order valence-electron chi connectivity index (χ2n) is 8.31. The number of nitrogens with one attached hydrogen (secondary N) is 1. The van der Waals surface area contributed by atoms with Crippen LogP contribution in [0.5, 0.6) is 0 Å². The Morgan fingerprint density at radius 1 is 1.03 bits per heavy atom. The second kappa shape index (κ2) is 8.11. The van der Waals surface area contributed by atoms with E-state index in [9.17, 15) is 4.39 Å². The van der Waals surface area contributed by atoms with Gasteiger partial charge in [0.2, 0.25) is 0 Å². The quantitative estimate of drug-likeness (QED) is 0.738. The van der Waals surface area contributed by atoms with Gasteiger partial charge in [-0.25, -0.2) is 9.37 Å². The molecule has 6 heteroatoms. The van der Waals surface area contributed by atoms with E-state index in [2.05, 4.69) is 15.3 Å². The molecule has 1 aromatic carbocycles. The molecule has 2 aliphatic heterocycles. The molecule has 2 aliphatic rings. The first-order valence-electron chi connectivity index (χ1n) is 10.8. The molecule has 0 amide bonds. The molecule has 0 unspecified atom stereocenters. The van der Waals surface area contributed by atoms with Crippen molar-refractivity contribution >= 4 is 11.5 Å². The average molecular weight is 394 g/mol. The lowest BCUT2D eigenvalue weighted by Crippen LogP contribution is -2.36. The Labute approximate surface area is 170 Å². The number of nitrogens with zero attached hydrogens (tertiary/aromatic N) is 4. The van der Waals surface area contributed by atoms with Crippen LogP contribution in [0.25, 0.3) is 5.65 Å².